The molecule has 0 bridgehead atoms. The van der Waals surface area contributed by atoms with Crippen LogP contribution < -0.4 is 10.6 Å². The summed E-state index contributed by atoms with van der Waals surface area (Å²) in [4.78, 5) is 2.14. The summed E-state index contributed by atoms with van der Waals surface area (Å²) in [6.07, 6.45) is 3.35. The van der Waals surface area contributed by atoms with Crippen LogP contribution in [0.5, 0.6) is 0 Å². The van der Waals surface area contributed by atoms with Crippen molar-refractivity contribution in [1.29, 1.82) is 0 Å². The normalized spacial score (nSPS) is 21.9. The maximum atomic E-state index is 13.6. The van der Waals surface area contributed by atoms with Gasteiger partial charge in [0.15, 0.2) is 0 Å². The Morgan fingerprint density at radius 1 is 1.25 bits per heavy atom. The minimum atomic E-state index is -0.117. The summed E-state index contributed by atoms with van der Waals surface area (Å²) in [6, 6.07) is 7.02. The molecule has 1 aliphatic heterocycles. The molecule has 0 saturated carbocycles. The van der Waals surface area contributed by atoms with E-state index in [-0.39, 0.29) is 5.82 Å². The van der Waals surface area contributed by atoms with Gasteiger partial charge in [-0.2, -0.15) is 0 Å². The van der Waals surface area contributed by atoms with Crippen molar-refractivity contribution in [3.05, 3.63) is 30.1 Å². The second kappa shape index (κ2) is 5.30. The Hall–Kier alpha value is -1.09. The number of rotatable bonds is 2. The van der Waals surface area contributed by atoms with Crippen LogP contribution in [0.15, 0.2) is 24.3 Å². The molecule has 2 rings (SSSR count). The number of hydrogen-bond acceptors (Lipinski definition) is 2. The van der Waals surface area contributed by atoms with Gasteiger partial charge in [0.2, 0.25) is 0 Å². The van der Waals surface area contributed by atoms with Crippen molar-refractivity contribution >= 4 is 5.69 Å². The van der Waals surface area contributed by atoms with Crippen LogP contribution in [0.4, 0.5) is 10.1 Å². The number of halogens is 1. The monoisotopic (exact) mass is 222 g/mol. The highest BCUT2D eigenvalue weighted by Crippen LogP contribution is 2.24. The fraction of sp³-hybridized carbons (Fsp3) is 0.538. The van der Waals surface area contributed by atoms with Gasteiger partial charge in [-0.25, -0.2) is 4.39 Å². The molecule has 1 aromatic rings. The third-order valence-electron chi connectivity index (χ3n) is 3.37. The molecule has 0 radical (unpaired) electrons. The summed E-state index contributed by atoms with van der Waals surface area (Å²) in [6.45, 7) is 2.62. The Morgan fingerprint density at radius 3 is 2.81 bits per heavy atom. The topological polar surface area (TPSA) is 29.3 Å². The molecule has 0 amide bonds. The molecule has 1 saturated heterocycles. The predicted octanol–water partition coefficient (Wildman–Crippen LogP) is 2.39. The van der Waals surface area contributed by atoms with Crippen molar-refractivity contribution < 1.29 is 4.39 Å². The highest BCUT2D eigenvalue weighted by atomic mass is 19.1. The average Bonchev–Trinajstić information content (AvgIpc) is 2.55. The van der Waals surface area contributed by atoms with E-state index in [0.717, 1.165) is 38.2 Å². The first-order valence-corrected chi connectivity index (χ1v) is 6.01. The molecule has 1 unspecified atom stereocenters. The molecule has 2 N–H and O–H groups in total. The third kappa shape index (κ3) is 2.53. The first-order valence-electron chi connectivity index (χ1n) is 6.01. The predicted molar refractivity (Wildman–Crippen MR) is 65.0 cm³/mol. The summed E-state index contributed by atoms with van der Waals surface area (Å²) in [5.41, 5.74) is 6.43. The lowest BCUT2D eigenvalue weighted by Crippen LogP contribution is -2.25. The Kier molecular flexibility index (Phi) is 3.78. The molecule has 88 valence electrons. The number of benzene rings is 1. The number of nitrogens with two attached hydrogens (primary N) is 1. The molecule has 0 aliphatic carbocycles. The van der Waals surface area contributed by atoms with Crippen LogP contribution in [-0.2, 0) is 0 Å². The standard InChI is InChI=1S/C13H19FN2/c14-12-5-1-2-6-13(12)16-8-3-4-11(10-15)7-9-16/h1-2,5-6,11H,3-4,7-10,15H2. The maximum Gasteiger partial charge on any atom is 0.146 e. The van der Waals surface area contributed by atoms with Crippen molar-refractivity contribution in [3.8, 4) is 0 Å². The fourth-order valence-electron chi connectivity index (χ4n) is 2.35. The second-order valence-corrected chi connectivity index (χ2v) is 4.47. The molecule has 1 atom stereocenters. The lowest BCUT2D eigenvalue weighted by atomic mass is 10.0. The van der Waals surface area contributed by atoms with E-state index in [1.165, 1.54) is 12.5 Å². The minimum Gasteiger partial charge on any atom is -0.369 e. The zero-order chi connectivity index (χ0) is 11.4. The van der Waals surface area contributed by atoms with E-state index in [2.05, 4.69) is 4.90 Å². The van der Waals surface area contributed by atoms with Crippen LogP contribution in [0.2, 0.25) is 0 Å². The van der Waals surface area contributed by atoms with E-state index in [4.69, 9.17) is 5.73 Å². The lowest BCUT2D eigenvalue weighted by Gasteiger charge is -2.23. The summed E-state index contributed by atoms with van der Waals surface area (Å²) >= 11 is 0. The molecule has 2 nitrogen and oxygen atoms in total. The molecule has 0 aromatic heterocycles. The molecule has 0 spiro atoms. The lowest BCUT2D eigenvalue weighted by molar-refractivity contribution is 0.485. The Bertz CT molecular complexity index is 340. The molecule has 3 heteroatoms. The van der Waals surface area contributed by atoms with Crippen molar-refractivity contribution in [3.63, 3.8) is 0 Å². The zero-order valence-corrected chi connectivity index (χ0v) is 9.53. The van der Waals surface area contributed by atoms with Gasteiger partial charge >= 0.3 is 0 Å². The average molecular weight is 222 g/mol. The number of nitrogens with zero attached hydrogens (tertiary/aromatic N) is 1. The van der Waals surface area contributed by atoms with Crippen LogP contribution in [0, 0.1) is 11.7 Å². The number of anilines is 1. The second-order valence-electron chi connectivity index (χ2n) is 4.47. The summed E-state index contributed by atoms with van der Waals surface area (Å²) in [5.74, 6) is 0.491. The summed E-state index contributed by atoms with van der Waals surface area (Å²) in [7, 11) is 0. The number of para-hydroxylation sites is 1. The Morgan fingerprint density at radius 2 is 2.06 bits per heavy atom. The van der Waals surface area contributed by atoms with Gasteiger partial charge in [-0.15, -0.1) is 0 Å². The quantitative estimate of drug-likeness (QED) is 0.832. The molecule has 1 aliphatic rings. The highest BCUT2D eigenvalue weighted by Gasteiger charge is 2.17. The fourth-order valence-corrected chi connectivity index (χ4v) is 2.35. The molecule has 16 heavy (non-hydrogen) atoms. The van der Waals surface area contributed by atoms with Crippen LogP contribution in [0.25, 0.3) is 0 Å². The van der Waals surface area contributed by atoms with Gasteiger partial charge in [-0.3, -0.25) is 0 Å². The van der Waals surface area contributed by atoms with Gasteiger partial charge in [0.05, 0.1) is 5.69 Å². The van der Waals surface area contributed by atoms with Gasteiger partial charge < -0.3 is 10.6 Å². The smallest absolute Gasteiger partial charge is 0.146 e. The van der Waals surface area contributed by atoms with Crippen LogP contribution in [0.1, 0.15) is 19.3 Å². The van der Waals surface area contributed by atoms with E-state index in [1.807, 2.05) is 12.1 Å². The van der Waals surface area contributed by atoms with E-state index in [9.17, 15) is 4.39 Å². The molecule has 1 fully saturated rings. The van der Waals surface area contributed by atoms with Crippen LogP contribution in [-0.4, -0.2) is 19.6 Å². The van der Waals surface area contributed by atoms with Gasteiger partial charge in [0.25, 0.3) is 0 Å². The van der Waals surface area contributed by atoms with Gasteiger partial charge in [-0.1, -0.05) is 12.1 Å². The van der Waals surface area contributed by atoms with Crippen LogP contribution in [0.3, 0.4) is 0 Å². The van der Waals surface area contributed by atoms with Crippen molar-refractivity contribution in [2.75, 3.05) is 24.5 Å². The molecule has 1 aromatic carbocycles. The SMILES string of the molecule is NCC1CCCN(c2ccccc2F)CC1. The molecule has 1 heterocycles. The summed E-state index contributed by atoms with van der Waals surface area (Å²) < 4.78 is 13.6. The Labute approximate surface area is 96.2 Å². The highest BCUT2D eigenvalue weighted by molar-refractivity contribution is 5.47. The maximum absolute atomic E-state index is 13.6. The van der Waals surface area contributed by atoms with E-state index < -0.39 is 0 Å². The first-order chi connectivity index (χ1) is 7.81. The largest absolute Gasteiger partial charge is 0.369 e. The van der Waals surface area contributed by atoms with Crippen molar-refractivity contribution in [2.45, 2.75) is 19.3 Å². The summed E-state index contributed by atoms with van der Waals surface area (Å²) in [5, 5.41) is 0. The minimum absolute atomic E-state index is 0.117. The third-order valence-corrected chi connectivity index (χ3v) is 3.37. The molecular formula is C13H19FN2. The van der Waals surface area contributed by atoms with E-state index >= 15 is 0 Å². The zero-order valence-electron chi connectivity index (χ0n) is 9.53. The van der Waals surface area contributed by atoms with E-state index in [1.54, 1.807) is 6.07 Å². The first kappa shape index (κ1) is 11.4. The van der Waals surface area contributed by atoms with Crippen molar-refractivity contribution in [2.24, 2.45) is 11.7 Å². The van der Waals surface area contributed by atoms with Gasteiger partial charge in [-0.05, 0) is 43.9 Å². The van der Waals surface area contributed by atoms with Gasteiger partial charge in [0, 0.05) is 13.1 Å². The molecular weight excluding hydrogens is 203 g/mol. The Balaban J connectivity index is 2.08. The number of hydrogen-bond donors (Lipinski definition) is 1. The van der Waals surface area contributed by atoms with Gasteiger partial charge in [0.1, 0.15) is 5.82 Å². The van der Waals surface area contributed by atoms with Crippen LogP contribution >= 0.6 is 0 Å². The van der Waals surface area contributed by atoms with Crippen molar-refractivity contribution in [1.82, 2.24) is 0 Å². The van der Waals surface area contributed by atoms with E-state index in [0.29, 0.717) is 5.92 Å².